The zero-order valence-corrected chi connectivity index (χ0v) is 11.0. The van der Waals surface area contributed by atoms with Crippen molar-refractivity contribution in [2.75, 3.05) is 24.5 Å². The second-order valence-electron chi connectivity index (χ2n) is 4.84. The molecule has 0 unspecified atom stereocenters. The smallest absolute Gasteiger partial charge is 0.255 e. The molecule has 0 saturated carbocycles. The van der Waals surface area contributed by atoms with Crippen LogP contribution in [0.3, 0.4) is 0 Å². The zero-order valence-electron chi connectivity index (χ0n) is 10.3. The lowest BCUT2D eigenvalue weighted by Gasteiger charge is -2.38. The molecule has 2 aliphatic heterocycles. The Kier molecular flexibility index (Phi) is 2.92. The van der Waals surface area contributed by atoms with E-state index in [0.29, 0.717) is 5.02 Å². The van der Waals surface area contributed by atoms with Crippen LogP contribution in [0.4, 0.5) is 5.69 Å². The summed E-state index contributed by atoms with van der Waals surface area (Å²) in [5, 5.41) is 7.12. The third-order valence-electron chi connectivity index (χ3n) is 3.61. The maximum atomic E-state index is 12.2. The molecular formula is C13H16ClN3O. The van der Waals surface area contributed by atoms with Gasteiger partial charge in [0, 0.05) is 18.1 Å². The number of aryl methyl sites for hydroxylation is 1. The molecule has 4 nitrogen and oxygen atoms in total. The summed E-state index contributed by atoms with van der Waals surface area (Å²) in [7, 11) is 0. The lowest BCUT2D eigenvalue weighted by molar-refractivity contribution is 0.0925. The summed E-state index contributed by atoms with van der Waals surface area (Å²) in [4.78, 5) is 14.4. The Bertz CT molecular complexity index is 503. The Morgan fingerprint density at radius 2 is 2.22 bits per heavy atom. The number of hydrogen-bond donors (Lipinski definition) is 2. The molecule has 1 saturated heterocycles. The normalized spacial score (nSPS) is 22.9. The molecule has 2 aliphatic rings. The van der Waals surface area contributed by atoms with E-state index >= 15 is 0 Å². The lowest BCUT2D eigenvalue weighted by atomic mass is 10.0. The molecule has 2 N–H and O–H groups in total. The molecule has 1 fully saturated rings. The van der Waals surface area contributed by atoms with E-state index in [9.17, 15) is 4.79 Å². The van der Waals surface area contributed by atoms with E-state index in [4.69, 9.17) is 11.6 Å². The van der Waals surface area contributed by atoms with Gasteiger partial charge in [-0.1, -0.05) is 11.6 Å². The molecule has 18 heavy (non-hydrogen) atoms. The highest BCUT2D eigenvalue weighted by atomic mass is 35.5. The van der Waals surface area contributed by atoms with Crippen molar-refractivity contribution in [2.45, 2.75) is 19.5 Å². The molecule has 2 heterocycles. The number of halogens is 1. The third kappa shape index (κ3) is 1.85. The van der Waals surface area contributed by atoms with Gasteiger partial charge in [0.15, 0.2) is 0 Å². The van der Waals surface area contributed by atoms with Crippen molar-refractivity contribution in [3.05, 3.63) is 28.3 Å². The summed E-state index contributed by atoms with van der Waals surface area (Å²) in [6, 6.07) is 3.75. The second kappa shape index (κ2) is 4.44. The summed E-state index contributed by atoms with van der Waals surface area (Å²) in [5.41, 5.74) is 2.67. The number of nitrogens with zero attached hydrogens (tertiary/aromatic N) is 1. The molecule has 3 rings (SSSR count). The molecule has 1 aromatic carbocycles. The molecule has 0 radical (unpaired) electrons. The van der Waals surface area contributed by atoms with Gasteiger partial charge in [0.05, 0.1) is 11.3 Å². The van der Waals surface area contributed by atoms with Crippen LogP contribution in [0, 0.1) is 6.92 Å². The fraction of sp³-hybridized carbons (Fsp3) is 0.462. The SMILES string of the molecule is Cc1cc(Cl)cc2c1C(=O)N[C@@H]1CCNCCN21. The summed E-state index contributed by atoms with van der Waals surface area (Å²) in [6.45, 7) is 4.67. The number of hydrogen-bond acceptors (Lipinski definition) is 3. The first kappa shape index (κ1) is 11.8. The van der Waals surface area contributed by atoms with Crippen molar-refractivity contribution in [1.29, 1.82) is 0 Å². The second-order valence-corrected chi connectivity index (χ2v) is 5.27. The van der Waals surface area contributed by atoms with E-state index in [1.165, 1.54) is 0 Å². The van der Waals surface area contributed by atoms with Crippen molar-refractivity contribution in [3.63, 3.8) is 0 Å². The Morgan fingerprint density at radius 1 is 1.39 bits per heavy atom. The van der Waals surface area contributed by atoms with Crippen molar-refractivity contribution in [3.8, 4) is 0 Å². The van der Waals surface area contributed by atoms with Gasteiger partial charge < -0.3 is 15.5 Å². The number of nitrogens with one attached hydrogen (secondary N) is 2. The zero-order chi connectivity index (χ0) is 12.7. The Labute approximate surface area is 111 Å². The summed E-state index contributed by atoms with van der Waals surface area (Å²) < 4.78 is 0. The first-order valence-electron chi connectivity index (χ1n) is 6.25. The first-order chi connectivity index (χ1) is 8.66. The van der Waals surface area contributed by atoms with E-state index in [0.717, 1.165) is 42.9 Å². The minimum atomic E-state index is 0.0160. The van der Waals surface area contributed by atoms with Gasteiger partial charge in [0.25, 0.3) is 5.91 Å². The van der Waals surface area contributed by atoms with Crippen LogP contribution in [0.5, 0.6) is 0 Å². The maximum Gasteiger partial charge on any atom is 0.255 e. The lowest BCUT2D eigenvalue weighted by Crippen LogP contribution is -2.53. The molecule has 5 heteroatoms. The molecule has 96 valence electrons. The van der Waals surface area contributed by atoms with Gasteiger partial charge in [-0.25, -0.2) is 0 Å². The van der Waals surface area contributed by atoms with Crippen molar-refractivity contribution in [2.24, 2.45) is 0 Å². The summed E-state index contributed by atoms with van der Waals surface area (Å²) in [6.07, 6.45) is 0.995. The fourth-order valence-corrected chi connectivity index (χ4v) is 3.05. The monoisotopic (exact) mass is 265 g/mol. The standard InChI is InChI=1S/C13H16ClN3O/c1-8-6-9(14)7-10-12(8)13(18)16-11-2-3-15-4-5-17(10)11/h6-7,11,15H,2-5H2,1H3,(H,16,18)/t11-/m0/s1. The van der Waals surface area contributed by atoms with Gasteiger partial charge in [-0.15, -0.1) is 0 Å². The van der Waals surface area contributed by atoms with E-state index in [1.54, 1.807) is 0 Å². The minimum absolute atomic E-state index is 0.0160. The predicted octanol–water partition coefficient (Wildman–Crippen LogP) is 1.52. The number of carbonyl (C=O) groups excluding carboxylic acids is 1. The highest BCUT2D eigenvalue weighted by Gasteiger charge is 2.32. The van der Waals surface area contributed by atoms with Crippen LogP contribution in [0.1, 0.15) is 22.3 Å². The molecule has 1 atom stereocenters. The van der Waals surface area contributed by atoms with Gasteiger partial charge in [-0.2, -0.15) is 0 Å². The van der Waals surface area contributed by atoms with E-state index in [2.05, 4.69) is 15.5 Å². The number of anilines is 1. The molecule has 0 bridgehead atoms. The van der Waals surface area contributed by atoms with Gasteiger partial charge >= 0.3 is 0 Å². The average molecular weight is 266 g/mol. The average Bonchev–Trinajstić information content (AvgIpc) is 2.53. The van der Waals surface area contributed by atoms with Crippen LogP contribution in [-0.4, -0.2) is 31.7 Å². The highest BCUT2D eigenvalue weighted by Crippen LogP contribution is 2.32. The van der Waals surface area contributed by atoms with Crippen LogP contribution in [0.2, 0.25) is 5.02 Å². The van der Waals surface area contributed by atoms with Gasteiger partial charge in [-0.05, 0) is 37.6 Å². The van der Waals surface area contributed by atoms with E-state index < -0.39 is 0 Å². The largest absolute Gasteiger partial charge is 0.349 e. The van der Waals surface area contributed by atoms with Crippen LogP contribution < -0.4 is 15.5 Å². The van der Waals surface area contributed by atoms with Crippen molar-refractivity contribution in [1.82, 2.24) is 10.6 Å². The van der Waals surface area contributed by atoms with Gasteiger partial charge in [-0.3, -0.25) is 4.79 Å². The Balaban J connectivity index is 2.12. The van der Waals surface area contributed by atoms with Gasteiger partial charge in [0.1, 0.15) is 6.17 Å². The molecule has 1 amide bonds. The van der Waals surface area contributed by atoms with E-state index in [1.807, 2.05) is 19.1 Å². The summed E-state index contributed by atoms with van der Waals surface area (Å²) in [5.74, 6) is 0.0160. The van der Waals surface area contributed by atoms with E-state index in [-0.39, 0.29) is 12.1 Å². The molecule has 0 spiro atoms. The molecular weight excluding hydrogens is 250 g/mol. The number of benzene rings is 1. The number of rotatable bonds is 0. The summed E-state index contributed by atoms with van der Waals surface area (Å²) >= 11 is 6.13. The highest BCUT2D eigenvalue weighted by molar-refractivity contribution is 6.31. The Morgan fingerprint density at radius 3 is 3.06 bits per heavy atom. The number of amides is 1. The number of carbonyl (C=O) groups is 1. The molecule has 0 aliphatic carbocycles. The van der Waals surface area contributed by atoms with Crippen LogP contribution >= 0.6 is 11.6 Å². The molecule has 1 aromatic rings. The Hall–Kier alpha value is -1.26. The van der Waals surface area contributed by atoms with Crippen molar-refractivity contribution >= 4 is 23.2 Å². The first-order valence-corrected chi connectivity index (χ1v) is 6.63. The quantitative estimate of drug-likeness (QED) is 0.748. The van der Waals surface area contributed by atoms with Crippen LogP contribution in [-0.2, 0) is 0 Å². The third-order valence-corrected chi connectivity index (χ3v) is 3.83. The van der Waals surface area contributed by atoms with Crippen LogP contribution in [0.15, 0.2) is 12.1 Å². The molecule has 0 aromatic heterocycles. The van der Waals surface area contributed by atoms with Gasteiger partial charge in [0.2, 0.25) is 0 Å². The topological polar surface area (TPSA) is 44.4 Å². The fourth-order valence-electron chi connectivity index (χ4n) is 2.78. The maximum absolute atomic E-state index is 12.2. The minimum Gasteiger partial charge on any atom is -0.349 e. The predicted molar refractivity (Wildman–Crippen MR) is 72.3 cm³/mol. The number of fused-ring (bicyclic) bond motifs is 3. The van der Waals surface area contributed by atoms with Crippen LogP contribution in [0.25, 0.3) is 0 Å². The van der Waals surface area contributed by atoms with Crippen molar-refractivity contribution < 1.29 is 4.79 Å².